The van der Waals surface area contributed by atoms with E-state index in [1.54, 1.807) is 0 Å². The molecule has 0 radical (unpaired) electrons. The number of rotatable bonds is 7. The standard InChI is InChI=1S/C7H12F3N3O2S/c8-7(9,10)6-13-16(14,15)12-5-3-1-2-4-11/h12-13H,1-3,5-6H2. The van der Waals surface area contributed by atoms with E-state index in [2.05, 4.69) is 0 Å². The van der Waals surface area contributed by atoms with Crippen LogP contribution in [0.15, 0.2) is 0 Å². The summed E-state index contributed by atoms with van der Waals surface area (Å²) in [5.74, 6) is 0. The Bertz CT molecular complexity index is 334. The van der Waals surface area contributed by atoms with Crippen LogP contribution in [-0.4, -0.2) is 27.7 Å². The van der Waals surface area contributed by atoms with Crippen molar-refractivity contribution in [1.29, 1.82) is 5.26 Å². The fourth-order valence-corrected chi connectivity index (χ4v) is 1.63. The van der Waals surface area contributed by atoms with E-state index in [9.17, 15) is 21.6 Å². The van der Waals surface area contributed by atoms with E-state index >= 15 is 0 Å². The lowest BCUT2D eigenvalue weighted by Gasteiger charge is -2.09. The summed E-state index contributed by atoms with van der Waals surface area (Å²) in [6.45, 7) is -1.59. The first-order valence-electron chi connectivity index (χ1n) is 4.45. The quantitative estimate of drug-likeness (QED) is 0.659. The van der Waals surface area contributed by atoms with Crippen LogP contribution in [0.2, 0.25) is 0 Å². The Labute approximate surface area is 91.8 Å². The normalized spacial score (nSPS) is 12.4. The van der Waals surface area contributed by atoms with Crippen molar-refractivity contribution in [3.05, 3.63) is 0 Å². The Morgan fingerprint density at radius 2 is 1.81 bits per heavy atom. The number of nitrogens with one attached hydrogen (secondary N) is 2. The van der Waals surface area contributed by atoms with Crippen LogP contribution in [-0.2, 0) is 10.2 Å². The summed E-state index contributed by atoms with van der Waals surface area (Å²) in [7, 11) is -4.10. The van der Waals surface area contributed by atoms with Gasteiger partial charge in [0.1, 0.15) is 6.54 Å². The number of nitriles is 1. The van der Waals surface area contributed by atoms with Crippen molar-refractivity contribution >= 4 is 10.2 Å². The lowest BCUT2D eigenvalue weighted by Crippen LogP contribution is -2.41. The van der Waals surface area contributed by atoms with Crippen molar-refractivity contribution in [2.45, 2.75) is 25.4 Å². The van der Waals surface area contributed by atoms with E-state index in [0.29, 0.717) is 12.8 Å². The molecule has 0 aliphatic heterocycles. The van der Waals surface area contributed by atoms with Crippen LogP contribution in [0.4, 0.5) is 13.2 Å². The lowest BCUT2D eigenvalue weighted by molar-refractivity contribution is -0.121. The number of hydrogen-bond acceptors (Lipinski definition) is 3. The molecule has 0 aromatic carbocycles. The second-order valence-corrected chi connectivity index (χ2v) is 4.53. The molecule has 2 N–H and O–H groups in total. The van der Waals surface area contributed by atoms with Gasteiger partial charge in [0.25, 0.3) is 10.2 Å². The molecule has 0 heterocycles. The van der Waals surface area contributed by atoms with Crippen LogP contribution in [0.25, 0.3) is 0 Å². The number of unbranched alkanes of at least 4 members (excludes halogenated alkanes) is 2. The first-order valence-corrected chi connectivity index (χ1v) is 5.93. The maximum absolute atomic E-state index is 11.7. The molecule has 0 saturated carbocycles. The van der Waals surface area contributed by atoms with Crippen molar-refractivity contribution in [1.82, 2.24) is 9.44 Å². The molecule has 0 aromatic heterocycles. The molecule has 0 bridgehead atoms. The summed E-state index contributed by atoms with van der Waals surface area (Å²) in [6.07, 6.45) is -3.38. The highest BCUT2D eigenvalue weighted by atomic mass is 32.2. The molecular formula is C7H12F3N3O2S. The van der Waals surface area contributed by atoms with Gasteiger partial charge in [-0.15, -0.1) is 0 Å². The van der Waals surface area contributed by atoms with Gasteiger partial charge in [0.15, 0.2) is 0 Å². The Hall–Kier alpha value is -0.850. The smallest absolute Gasteiger partial charge is 0.202 e. The third-order valence-corrected chi connectivity index (χ3v) is 2.58. The van der Waals surface area contributed by atoms with Gasteiger partial charge in [-0.25, -0.2) is 4.72 Å². The minimum atomic E-state index is -4.57. The molecule has 0 aliphatic rings. The average molecular weight is 259 g/mol. The van der Waals surface area contributed by atoms with Gasteiger partial charge in [-0.1, -0.05) is 0 Å². The number of nitrogens with zero attached hydrogens (tertiary/aromatic N) is 1. The molecule has 0 unspecified atom stereocenters. The largest absolute Gasteiger partial charge is 0.402 e. The number of halogens is 3. The molecule has 0 aromatic rings. The van der Waals surface area contributed by atoms with E-state index in [0.717, 1.165) is 0 Å². The highest BCUT2D eigenvalue weighted by Crippen LogP contribution is 2.12. The van der Waals surface area contributed by atoms with Gasteiger partial charge in [0.05, 0.1) is 6.07 Å². The molecule has 16 heavy (non-hydrogen) atoms. The predicted molar refractivity (Wildman–Crippen MR) is 50.4 cm³/mol. The third-order valence-electron chi connectivity index (χ3n) is 1.47. The van der Waals surface area contributed by atoms with Crippen LogP contribution in [0.3, 0.4) is 0 Å². The summed E-state index contributed by atoms with van der Waals surface area (Å²) >= 11 is 0. The van der Waals surface area contributed by atoms with Gasteiger partial charge in [-0.3, -0.25) is 0 Å². The minimum absolute atomic E-state index is 0.00880. The van der Waals surface area contributed by atoms with Gasteiger partial charge in [-0.05, 0) is 12.8 Å². The zero-order chi connectivity index (χ0) is 12.7. The summed E-state index contributed by atoms with van der Waals surface area (Å²) in [4.78, 5) is 0. The Kier molecular flexibility index (Phi) is 6.32. The molecule has 0 spiro atoms. The highest BCUT2D eigenvalue weighted by molar-refractivity contribution is 7.87. The van der Waals surface area contributed by atoms with Crippen molar-refractivity contribution in [3.8, 4) is 6.07 Å². The lowest BCUT2D eigenvalue weighted by atomic mass is 10.2. The number of hydrogen-bond donors (Lipinski definition) is 2. The molecule has 94 valence electrons. The van der Waals surface area contributed by atoms with Crippen LogP contribution in [0.5, 0.6) is 0 Å². The molecule has 0 rings (SSSR count). The Morgan fingerprint density at radius 1 is 1.19 bits per heavy atom. The van der Waals surface area contributed by atoms with Crippen molar-refractivity contribution in [2.75, 3.05) is 13.1 Å². The SMILES string of the molecule is N#CCCCCNS(=O)(=O)NCC(F)(F)F. The van der Waals surface area contributed by atoms with Crippen molar-refractivity contribution in [2.24, 2.45) is 0 Å². The van der Waals surface area contributed by atoms with Gasteiger partial charge in [0, 0.05) is 13.0 Å². The van der Waals surface area contributed by atoms with Gasteiger partial charge < -0.3 is 0 Å². The van der Waals surface area contributed by atoms with Crippen LogP contribution < -0.4 is 9.44 Å². The van der Waals surface area contributed by atoms with Gasteiger partial charge >= 0.3 is 6.18 Å². The van der Waals surface area contributed by atoms with E-state index in [1.165, 1.54) is 4.72 Å². The van der Waals surface area contributed by atoms with Crippen molar-refractivity contribution in [3.63, 3.8) is 0 Å². The fourth-order valence-electron chi connectivity index (χ4n) is 0.763. The zero-order valence-electron chi connectivity index (χ0n) is 8.34. The minimum Gasteiger partial charge on any atom is -0.202 e. The van der Waals surface area contributed by atoms with Crippen LogP contribution in [0, 0.1) is 11.3 Å². The van der Waals surface area contributed by atoms with E-state index < -0.39 is 22.9 Å². The molecule has 0 fully saturated rings. The Morgan fingerprint density at radius 3 is 2.31 bits per heavy atom. The van der Waals surface area contributed by atoms with Crippen LogP contribution in [0.1, 0.15) is 19.3 Å². The molecule has 0 saturated heterocycles. The second-order valence-electron chi connectivity index (χ2n) is 2.95. The highest BCUT2D eigenvalue weighted by Gasteiger charge is 2.29. The van der Waals surface area contributed by atoms with E-state index in [4.69, 9.17) is 5.26 Å². The first-order chi connectivity index (χ1) is 7.27. The first kappa shape index (κ1) is 15.2. The molecular weight excluding hydrogens is 247 g/mol. The molecule has 0 atom stereocenters. The summed E-state index contributed by atoms with van der Waals surface area (Å²) in [5, 5.41) is 8.17. The maximum Gasteiger partial charge on any atom is 0.402 e. The number of alkyl halides is 3. The van der Waals surface area contributed by atoms with E-state index in [1.807, 2.05) is 10.8 Å². The maximum atomic E-state index is 11.7. The average Bonchev–Trinajstić information content (AvgIpc) is 2.14. The summed E-state index contributed by atoms with van der Waals surface area (Å²) in [5.41, 5.74) is 0. The fraction of sp³-hybridized carbons (Fsp3) is 0.857. The topological polar surface area (TPSA) is 82.0 Å². The second kappa shape index (κ2) is 6.67. The Balaban J connectivity index is 3.77. The molecule has 5 nitrogen and oxygen atoms in total. The van der Waals surface area contributed by atoms with E-state index in [-0.39, 0.29) is 13.0 Å². The van der Waals surface area contributed by atoms with Gasteiger partial charge in [-0.2, -0.15) is 31.6 Å². The summed E-state index contributed by atoms with van der Waals surface area (Å²) in [6, 6.07) is 1.87. The zero-order valence-corrected chi connectivity index (χ0v) is 9.16. The molecule has 0 amide bonds. The predicted octanol–water partition coefficient (Wildman–Crippen LogP) is 0.667. The summed E-state index contributed by atoms with van der Waals surface area (Å²) < 4.78 is 60.2. The monoisotopic (exact) mass is 259 g/mol. The van der Waals surface area contributed by atoms with Crippen LogP contribution >= 0.6 is 0 Å². The molecule has 9 heteroatoms. The van der Waals surface area contributed by atoms with Gasteiger partial charge in [0.2, 0.25) is 0 Å². The van der Waals surface area contributed by atoms with Crippen molar-refractivity contribution < 1.29 is 21.6 Å². The third kappa shape index (κ3) is 9.70. The molecule has 0 aliphatic carbocycles.